The summed E-state index contributed by atoms with van der Waals surface area (Å²) in [7, 11) is 0. The summed E-state index contributed by atoms with van der Waals surface area (Å²) < 4.78 is 18.9. The number of rotatable bonds is 8. The van der Waals surface area contributed by atoms with Gasteiger partial charge < -0.3 is 10.1 Å². The number of aliphatic imine (C=N–C) groups is 1. The number of nitrogens with one attached hydrogen (secondary N) is 1. The smallest absolute Gasteiger partial charge is 0.283 e. The van der Waals surface area contributed by atoms with Gasteiger partial charge in [-0.05, 0) is 74.2 Å². The number of ether oxygens (including phenoxy) is 1. The normalized spacial score (nSPS) is 18.3. The van der Waals surface area contributed by atoms with Crippen molar-refractivity contribution in [2.75, 3.05) is 11.5 Å². The largest absolute Gasteiger partial charge is 0.494 e. The molecule has 2 aromatic carbocycles. The van der Waals surface area contributed by atoms with Crippen LogP contribution in [0, 0.1) is 5.82 Å². The third-order valence-electron chi connectivity index (χ3n) is 6.27. The summed E-state index contributed by atoms with van der Waals surface area (Å²) in [6.07, 6.45) is 7.75. The molecule has 2 aliphatic rings. The molecule has 0 radical (unpaired) electrons. The minimum Gasteiger partial charge on any atom is -0.494 e. The number of thioether (sulfide) groups is 1. The zero-order chi connectivity index (χ0) is 25.5. The molecular formula is C28H32FN3O3S. The molecule has 0 bridgehead atoms. The maximum atomic E-state index is 13.5. The number of nitrogens with zero attached hydrogens (tertiary/aromatic N) is 2. The fourth-order valence-corrected chi connectivity index (χ4v) is 5.41. The number of amides is 2. The van der Waals surface area contributed by atoms with Crippen molar-refractivity contribution in [3.63, 3.8) is 0 Å². The van der Waals surface area contributed by atoms with Gasteiger partial charge in [0, 0.05) is 6.04 Å². The molecule has 36 heavy (non-hydrogen) atoms. The third kappa shape index (κ3) is 6.35. The molecule has 1 aliphatic heterocycles. The van der Waals surface area contributed by atoms with Gasteiger partial charge in [0.05, 0.1) is 17.5 Å². The van der Waals surface area contributed by atoms with Crippen molar-refractivity contribution in [2.45, 2.75) is 63.7 Å². The fraction of sp³-hybridized carbons (Fsp3) is 0.393. The molecule has 1 saturated carbocycles. The molecule has 2 aromatic rings. The summed E-state index contributed by atoms with van der Waals surface area (Å²) in [5.74, 6) is 0.0421. The molecule has 0 aromatic heterocycles. The van der Waals surface area contributed by atoms with Crippen molar-refractivity contribution in [3.05, 3.63) is 65.6 Å². The lowest BCUT2D eigenvalue weighted by atomic mass is 9.95. The third-order valence-corrected chi connectivity index (χ3v) is 7.59. The number of hydrogen-bond acceptors (Lipinski definition) is 5. The van der Waals surface area contributed by atoms with E-state index in [1.807, 2.05) is 38.1 Å². The van der Waals surface area contributed by atoms with E-state index in [1.54, 1.807) is 18.2 Å². The summed E-state index contributed by atoms with van der Waals surface area (Å²) in [6.45, 7) is 4.42. The average molecular weight is 510 g/mol. The first kappa shape index (κ1) is 25.9. The van der Waals surface area contributed by atoms with Crippen LogP contribution in [-0.4, -0.2) is 34.9 Å². The SMILES string of the molecule is CCOc1ccc(N2C(=O)/C(=C\c3ccc(F)cc3)N=C2SC(CC)C(=O)NC2CCCCC2)cc1. The maximum absolute atomic E-state index is 13.5. The molecule has 8 heteroatoms. The fourth-order valence-electron chi connectivity index (χ4n) is 4.37. The lowest BCUT2D eigenvalue weighted by Gasteiger charge is -2.26. The Hall–Kier alpha value is -3.13. The Labute approximate surface area is 216 Å². The molecule has 1 N–H and O–H groups in total. The molecule has 0 spiro atoms. The van der Waals surface area contributed by atoms with Gasteiger partial charge >= 0.3 is 0 Å². The lowest BCUT2D eigenvalue weighted by Crippen LogP contribution is -2.42. The first-order chi connectivity index (χ1) is 17.5. The van der Waals surface area contributed by atoms with Crippen molar-refractivity contribution in [3.8, 4) is 5.75 Å². The second-order valence-electron chi connectivity index (χ2n) is 8.90. The Balaban J connectivity index is 1.60. The van der Waals surface area contributed by atoms with Crippen LogP contribution in [0.25, 0.3) is 6.08 Å². The number of halogens is 1. The van der Waals surface area contributed by atoms with E-state index >= 15 is 0 Å². The van der Waals surface area contributed by atoms with E-state index in [1.165, 1.54) is 35.2 Å². The van der Waals surface area contributed by atoms with Crippen LogP contribution in [0.5, 0.6) is 5.75 Å². The Morgan fingerprint density at radius 3 is 2.47 bits per heavy atom. The van der Waals surface area contributed by atoms with Crippen LogP contribution in [0.4, 0.5) is 10.1 Å². The van der Waals surface area contributed by atoms with E-state index in [4.69, 9.17) is 4.74 Å². The average Bonchev–Trinajstić information content (AvgIpc) is 3.19. The number of carbonyl (C=O) groups excluding carboxylic acids is 2. The van der Waals surface area contributed by atoms with Crippen molar-refractivity contribution in [1.29, 1.82) is 0 Å². The standard InChI is InChI=1S/C28H32FN3O3S/c1-3-25(26(33)30-21-8-6-5-7-9-21)36-28-31-24(18-19-10-12-20(29)13-11-19)27(34)32(28)22-14-16-23(17-15-22)35-4-2/h10-18,21,25H,3-9H2,1-2H3,(H,30,33)/b24-18+. The molecule has 1 atom stereocenters. The van der Waals surface area contributed by atoms with Gasteiger partial charge in [-0.2, -0.15) is 0 Å². The summed E-state index contributed by atoms with van der Waals surface area (Å²) in [5.41, 5.74) is 1.55. The van der Waals surface area contributed by atoms with E-state index in [2.05, 4.69) is 10.3 Å². The summed E-state index contributed by atoms with van der Waals surface area (Å²) in [4.78, 5) is 32.8. The van der Waals surface area contributed by atoms with E-state index in [0.29, 0.717) is 35.2 Å². The first-order valence-corrected chi connectivity index (χ1v) is 13.5. The van der Waals surface area contributed by atoms with E-state index < -0.39 is 0 Å². The molecule has 2 amide bonds. The van der Waals surface area contributed by atoms with Crippen molar-refractivity contribution < 1.29 is 18.7 Å². The van der Waals surface area contributed by atoms with Gasteiger partial charge in [0.25, 0.3) is 5.91 Å². The molecule has 0 saturated heterocycles. The first-order valence-electron chi connectivity index (χ1n) is 12.6. The van der Waals surface area contributed by atoms with Crippen LogP contribution in [0.1, 0.15) is 57.9 Å². The van der Waals surface area contributed by atoms with Gasteiger partial charge in [-0.15, -0.1) is 0 Å². The second-order valence-corrected chi connectivity index (χ2v) is 10.1. The van der Waals surface area contributed by atoms with Gasteiger partial charge in [-0.3, -0.25) is 14.5 Å². The number of hydrogen-bond donors (Lipinski definition) is 1. The zero-order valence-corrected chi connectivity index (χ0v) is 21.5. The number of benzene rings is 2. The molecule has 1 aliphatic carbocycles. The van der Waals surface area contributed by atoms with Crippen LogP contribution >= 0.6 is 11.8 Å². The van der Waals surface area contributed by atoms with Crippen LogP contribution in [-0.2, 0) is 9.59 Å². The Morgan fingerprint density at radius 1 is 1.14 bits per heavy atom. The molecule has 1 heterocycles. The highest BCUT2D eigenvalue weighted by Crippen LogP contribution is 2.33. The van der Waals surface area contributed by atoms with E-state index in [-0.39, 0.29) is 34.6 Å². The van der Waals surface area contributed by atoms with Gasteiger partial charge in [-0.1, -0.05) is 50.1 Å². The molecule has 190 valence electrons. The predicted molar refractivity (Wildman–Crippen MR) is 144 cm³/mol. The van der Waals surface area contributed by atoms with Crippen molar-refractivity contribution >= 4 is 40.5 Å². The quantitative estimate of drug-likeness (QED) is 0.448. The van der Waals surface area contributed by atoms with Crippen LogP contribution < -0.4 is 15.0 Å². The summed E-state index contributed by atoms with van der Waals surface area (Å²) >= 11 is 1.30. The second kappa shape index (κ2) is 12.2. The van der Waals surface area contributed by atoms with Gasteiger partial charge in [0.1, 0.15) is 17.3 Å². The summed E-state index contributed by atoms with van der Waals surface area (Å²) in [5, 5.41) is 3.27. The Kier molecular flexibility index (Phi) is 8.80. The topological polar surface area (TPSA) is 71.0 Å². The minimum atomic E-state index is -0.381. The van der Waals surface area contributed by atoms with E-state index in [9.17, 15) is 14.0 Å². The minimum absolute atomic E-state index is 0.0212. The van der Waals surface area contributed by atoms with Crippen LogP contribution in [0.3, 0.4) is 0 Å². The van der Waals surface area contributed by atoms with Crippen molar-refractivity contribution in [2.24, 2.45) is 4.99 Å². The monoisotopic (exact) mass is 509 g/mol. The predicted octanol–water partition coefficient (Wildman–Crippen LogP) is 5.93. The zero-order valence-electron chi connectivity index (χ0n) is 20.7. The number of amidine groups is 1. The number of carbonyl (C=O) groups is 2. The number of anilines is 1. The molecular weight excluding hydrogens is 477 g/mol. The highest BCUT2D eigenvalue weighted by Gasteiger charge is 2.35. The maximum Gasteiger partial charge on any atom is 0.283 e. The van der Waals surface area contributed by atoms with Gasteiger partial charge in [-0.25, -0.2) is 9.38 Å². The highest BCUT2D eigenvalue weighted by atomic mass is 32.2. The lowest BCUT2D eigenvalue weighted by molar-refractivity contribution is -0.121. The Bertz CT molecular complexity index is 1130. The molecule has 1 fully saturated rings. The Morgan fingerprint density at radius 2 is 1.83 bits per heavy atom. The van der Waals surface area contributed by atoms with Crippen molar-refractivity contribution in [1.82, 2.24) is 5.32 Å². The molecule has 4 rings (SSSR count). The van der Waals surface area contributed by atoms with Crippen LogP contribution in [0.2, 0.25) is 0 Å². The van der Waals surface area contributed by atoms with E-state index in [0.717, 1.165) is 25.7 Å². The van der Waals surface area contributed by atoms with Gasteiger partial charge in [0.2, 0.25) is 5.91 Å². The van der Waals surface area contributed by atoms with Gasteiger partial charge in [0.15, 0.2) is 5.17 Å². The molecule has 1 unspecified atom stereocenters. The highest BCUT2D eigenvalue weighted by molar-refractivity contribution is 8.15. The summed E-state index contributed by atoms with van der Waals surface area (Å²) in [6, 6.07) is 13.3. The van der Waals surface area contributed by atoms with Crippen LogP contribution in [0.15, 0.2) is 59.2 Å². The molecule has 6 nitrogen and oxygen atoms in total.